The number of pyridine rings is 1. The molecule has 0 saturated carbocycles. The van der Waals surface area contributed by atoms with Crippen molar-refractivity contribution in [2.24, 2.45) is 0 Å². The summed E-state index contributed by atoms with van der Waals surface area (Å²) < 4.78 is 6.90. The van der Waals surface area contributed by atoms with Crippen molar-refractivity contribution >= 4 is 0 Å². The number of hydrogen-bond donors (Lipinski definition) is 0. The van der Waals surface area contributed by atoms with E-state index >= 15 is 0 Å². The SMILES string of the molecule is COc1nc(-c2ccccc2)nn1-c1cccnc1. The summed E-state index contributed by atoms with van der Waals surface area (Å²) in [6.07, 6.45) is 3.43. The van der Waals surface area contributed by atoms with Crippen molar-refractivity contribution in [1.82, 2.24) is 19.7 Å². The lowest BCUT2D eigenvalue weighted by Gasteiger charge is -2.02. The van der Waals surface area contributed by atoms with Crippen molar-refractivity contribution in [3.05, 3.63) is 54.9 Å². The number of aromatic nitrogens is 4. The van der Waals surface area contributed by atoms with Gasteiger partial charge in [-0.1, -0.05) is 30.3 Å². The Kier molecular flexibility index (Phi) is 2.94. The maximum absolute atomic E-state index is 5.26. The molecule has 0 N–H and O–H groups in total. The molecule has 0 atom stereocenters. The molecule has 3 rings (SSSR count). The second-order valence-corrected chi connectivity index (χ2v) is 3.91. The van der Waals surface area contributed by atoms with Gasteiger partial charge in [0.25, 0.3) is 0 Å². The van der Waals surface area contributed by atoms with Crippen LogP contribution in [-0.2, 0) is 0 Å². The quantitative estimate of drug-likeness (QED) is 0.718. The first-order valence-corrected chi connectivity index (χ1v) is 5.85. The Labute approximate surface area is 110 Å². The smallest absolute Gasteiger partial charge is 0.320 e. The van der Waals surface area contributed by atoms with E-state index in [0.29, 0.717) is 11.8 Å². The van der Waals surface area contributed by atoms with Gasteiger partial charge < -0.3 is 4.74 Å². The summed E-state index contributed by atoms with van der Waals surface area (Å²) in [5, 5.41) is 4.46. The van der Waals surface area contributed by atoms with Crippen LogP contribution in [0.15, 0.2) is 54.9 Å². The number of rotatable bonds is 3. The van der Waals surface area contributed by atoms with Crippen LogP contribution in [0.2, 0.25) is 0 Å². The number of ether oxygens (including phenoxy) is 1. The summed E-state index contributed by atoms with van der Waals surface area (Å²) in [4.78, 5) is 8.45. The lowest BCUT2D eigenvalue weighted by atomic mass is 10.2. The standard InChI is InChI=1S/C14H12N4O/c1-19-14-16-13(11-6-3-2-4-7-11)17-18(14)12-8-5-9-15-10-12/h2-10H,1H3. The van der Waals surface area contributed by atoms with E-state index < -0.39 is 0 Å². The van der Waals surface area contributed by atoms with Crippen LogP contribution in [0.3, 0.4) is 0 Å². The van der Waals surface area contributed by atoms with E-state index in [-0.39, 0.29) is 0 Å². The van der Waals surface area contributed by atoms with Crippen LogP contribution in [0.25, 0.3) is 17.1 Å². The first kappa shape index (κ1) is 11.4. The van der Waals surface area contributed by atoms with Gasteiger partial charge in [0.15, 0.2) is 5.82 Å². The highest BCUT2D eigenvalue weighted by Crippen LogP contribution is 2.21. The van der Waals surface area contributed by atoms with E-state index in [0.717, 1.165) is 11.3 Å². The summed E-state index contributed by atoms with van der Waals surface area (Å²) in [6, 6.07) is 14.0. The molecule has 0 fully saturated rings. The third kappa shape index (κ3) is 2.18. The maximum Gasteiger partial charge on any atom is 0.320 e. The molecule has 2 heterocycles. The molecule has 3 aromatic rings. The van der Waals surface area contributed by atoms with Crippen molar-refractivity contribution in [3.8, 4) is 23.1 Å². The Hall–Kier alpha value is -2.69. The predicted octanol–water partition coefficient (Wildman–Crippen LogP) is 2.34. The summed E-state index contributed by atoms with van der Waals surface area (Å²) in [5.74, 6) is 0.626. The lowest BCUT2D eigenvalue weighted by molar-refractivity contribution is 0.368. The lowest BCUT2D eigenvalue weighted by Crippen LogP contribution is -2.00. The molecule has 0 unspecified atom stereocenters. The molecule has 0 bridgehead atoms. The highest BCUT2D eigenvalue weighted by molar-refractivity contribution is 5.55. The minimum atomic E-state index is 0.437. The fraction of sp³-hybridized carbons (Fsp3) is 0.0714. The van der Waals surface area contributed by atoms with Crippen LogP contribution in [0.1, 0.15) is 0 Å². The van der Waals surface area contributed by atoms with Gasteiger partial charge in [0.05, 0.1) is 19.0 Å². The van der Waals surface area contributed by atoms with Crippen molar-refractivity contribution in [2.75, 3.05) is 7.11 Å². The van der Waals surface area contributed by atoms with Gasteiger partial charge in [0.2, 0.25) is 0 Å². The Bertz CT molecular complexity index is 664. The van der Waals surface area contributed by atoms with Crippen molar-refractivity contribution in [1.29, 1.82) is 0 Å². The highest BCUT2D eigenvalue weighted by atomic mass is 16.5. The average Bonchev–Trinajstić information content (AvgIpc) is 2.93. The molecule has 0 aliphatic rings. The third-order valence-electron chi connectivity index (χ3n) is 2.68. The van der Waals surface area contributed by atoms with Gasteiger partial charge in [0, 0.05) is 11.8 Å². The highest BCUT2D eigenvalue weighted by Gasteiger charge is 2.13. The zero-order chi connectivity index (χ0) is 13.1. The van der Waals surface area contributed by atoms with E-state index in [1.165, 1.54) is 0 Å². The summed E-state index contributed by atoms with van der Waals surface area (Å²) in [7, 11) is 1.58. The molecule has 5 heteroatoms. The molecule has 0 radical (unpaired) electrons. The topological polar surface area (TPSA) is 52.8 Å². The monoisotopic (exact) mass is 252 g/mol. The van der Waals surface area contributed by atoms with E-state index in [1.54, 1.807) is 24.2 Å². The molecule has 2 aromatic heterocycles. The maximum atomic E-state index is 5.26. The molecular weight excluding hydrogens is 240 g/mol. The molecule has 19 heavy (non-hydrogen) atoms. The molecule has 0 aliphatic heterocycles. The number of nitrogens with zero attached hydrogens (tertiary/aromatic N) is 4. The molecule has 0 aliphatic carbocycles. The fourth-order valence-electron chi connectivity index (χ4n) is 1.79. The van der Waals surface area contributed by atoms with Crippen LogP contribution in [0.5, 0.6) is 6.01 Å². The molecule has 0 saturated heterocycles. The van der Waals surface area contributed by atoms with Crippen molar-refractivity contribution in [2.45, 2.75) is 0 Å². The molecule has 1 aromatic carbocycles. The fourth-order valence-corrected chi connectivity index (χ4v) is 1.79. The van der Waals surface area contributed by atoms with Crippen LogP contribution < -0.4 is 4.74 Å². The van der Waals surface area contributed by atoms with Gasteiger partial charge in [-0.3, -0.25) is 4.98 Å². The van der Waals surface area contributed by atoms with Crippen molar-refractivity contribution < 1.29 is 4.74 Å². The minimum absolute atomic E-state index is 0.437. The summed E-state index contributed by atoms with van der Waals surface area (Å²) >= 11 is 0. The third-order valence-corrected chi connectivity index (χ3v) is 2.68. The zero-order valence-corrected chi connectivity index (χ0v) is 10.4. The van der Waals surface area contributed by atoms with Gasteiger partial charge in [-0.05, 0) is 12.1 Å². The summed E-state index contributed by atoms with van der Waals surface area (Å²) in [5.41, 5.74) is 1.76. The Morgan fingerprint density at radius 2 is 1.89 bits per heavy atom. The predicted molar refractivity (Wildman–Crippen MR) is 71.1 cm³/mol. The van der Waals surface area contributed by atoms with E-state index in [2.05, 4.69) is 15.1 Å². The first-order chi connectivity index (χ1) is 9.38. The zero-order valence-electron chi connectivity index (χ0n) is 10.4. The van der Waals surface area contributed by atoms with Gasteiger partial charge in [0.1, 0.15) is 0 Å². The Morgan fingerprint density at radius 3 is 2.58 bits per heavy atom. The van der Waals surface area contributed by atoms with Gasteiger partial charge in [-0.25, -0.2) is 0 Å². The Morgan fingerprint density at radius 1 is 1.05 bits per heavy atom. The van der Waals surface area contributed by atoms with Crippen molar-refractivity contribution in [3.63, 3.8) is 0 Å². The van der Waals surface area contributed by atoms with Gasteiger partial charge >= 0.3 is 6.01 Å². The summed E-state index contributed by atoms with van der Waals surface area (Å²) in [6.45, 7) is 0. The second kappa shape index (κ2) is 4.89. The van der Waals surface area contributed by atoms with Crippen LogP contribution in [-0.4, -0.2) is 26.9 Å². The number of hydrogen-bond acceptors (Lipinski definition) is 4. The Balaban J connectivity index is 2.09. The molecule has 5 nitrogen and oxygen atoms in total. The van der Waals surface area contributed by atoms with Gasteiger partial charge in [-0.2, -0.15) is 9.67 Å². The average molecular weight is 252 g/mol. The molecule has 94 valence electrons. The minimum Gasteiger partial charge on any atom is -0.467 e. The van der Waals surface area contributed by atoms with E-state index in [1.807, 2.05) is 42.5 Å². The van der Waals surface area contributed by atoms with Crippen LogP contribution >= 0.6 is 0 Å². The molecule has 0 amide bonds. The van der Waals surface area contributed by atoms with Gasteiger partial charge in [-0.15, -0.1) is 5.10 Å². The van der Waals surface area contributed by atoms with Crippen LogP contribution in [0.4, 0.5) is 0 Å². The normalized spacial score (nSPS) is 10.4. The van der Waals surface area contributed by atoms with Crippen LogP contribution in [0, 0.1) is 0 Å². The molecular formula is C14H12N4O. The van der Waals surface area contributed by atoms with E-state index in [9.17, 15) is 0 Å². The largest absolute Gasteiger partial charge is 0.467 e. The molecule has 0 spiro atoms. The number of methoxy groups -OCH3 is 1. The first-order valence-electron chi connectivity index (χ1n) is 5.85. The number of benzene rings is 1. The second-order valence-electron chi connectivity index (χ2n) is 3.91. The van der Waals surface area contributed by atoms with E-state index in [4.69, 9.17) is 4.74 Å².